The monoisotopic (exact) mass is 506 g/mol. The molecule has 5 nitrogen and oxygen atoms in total. The maximum atomic E-state index is 14.0. The summed E-state index contributed by atoms with van der Waals surface area (Å²) >= 11 is 9.83. The number of nitrogens with zero attached hydrogens (tertiary/aromatic N) is 4. The molecule has 0 fully saturated rings. The van der Waals surface area contributed by atoms with Gasteiger partial charge in [0.1, 0.15) is 0 Å². The molecule has 0 saturated carbocycles. The highest BCUT2D eigenvalue weighted by Crippen LogP contribution is 2.43. The zero-order valence-electron chi connectivity index (χ0n) is 17.4. The Morgan fingerprint density at radius 1 is 0.938 bits per heavy atom. The van der Waals surface area contributed by atoms with Gasteiger partial charge in [0.05, 0.1) is 17.7 Å². The number of amides is 1. The van der Waals surface area contributed by atoms with Gasteiger partial charge >= 0.3 is 0 Å². The number of carbonyl (C=O) groups excluding carboxylic acids is 1. The number of fused-ring (bicyclic) bond motifs is 2. The van der Waals surface area contributed by atoms with Gasteiger partial charge in [0.25, 0.3) is 5.91 Å². The van der Waals surface area contributed by atoms with Gasteiger partial charge in [0, 0.05) is 29.6 Å². The molecule has 0 N–H and O–H groups in total. The topological polar surface area (TPSA) is 41.4 Å². The lowest BCUT2D eigenvalue weighted by Gasteiger charge is -2.25. The van der Waals surface area contributed by atoms with Crippen molar-refractivity contribution < 1.29 is 4.79 Å². The van der Waals surface area contributed by atoms with E-state index in [2.05, 4.69) is 45.2 Å². The van der Waals surface area contributed by atoms with Crippen molar-refractivity contribution in [3.05, 3.63) is 101 Å². The van der Waals surface area contributed by atoms with E-state index < -0.39 is 0 Å². The minimum Gasteiger partial charge on any atom is -0.326 e. The number of imidazole rings is 1. The second-order valence-corrected chi connectivity index (χ2v) is 8.66. The molecule has 7 heteroatoms. The Balaban J connectivity index is 1.65. The molecule has 0 unspecified atom stereocenters. The number of hydrogen-bond donors (Lipinski definition) is 0. The number of benzene rings is 3. The first-order chi connectivity index (χ1) is 15.6. The van der Waals surface area contributed by atoms with Gasteiger partial charge < -0.3 is 9.47 Å². The smallest absolute Gasteiger partial charge is 0.283 e. The van der Waals surface area contributed by atoms with Crippen molar-refractivity contribution in [2.24, 2.45) is 0 Å². The van der Waals surface area contributed by atoms with Gasteiger partial charge in [0.15, 0.2) is 11.5 Å². The molecule has 1 aliphatic heterocycles. The van der Waals surface area contributed by atoms with Crippen molar-refractivity contribution in [2.45, 2.75) is 11.9 Å². The normalized spacial score (nSPS) is 13.0. The van der Waals surface area contributed by atoms with E-state index >= 15 is 0 Å². The molecule has 2 heterocycles. The first kappa shape index (κ1) is 20.8. The van der Waals surface area contributed by atoms with Crippen LogP contribution in [0.3, 0.4) is 0 Å². The largest absolute Gasteiger partial charge is 0.326 e. The molecule has 0 radical (unpaired) electrons. The maximum absolute atomic E-state index is 14.0. The van der Waals surface area contributed by atoms with E-state index in [1.165, 1.54) is 5.56 Å². The molecule has 1 amide bonds. The molecule has 0 atom stereocenters. The van der Waals surface area contributed by atoms with E-state index in [-0.39, 0.29) is 5.91 Å². The Kier molecular flexibility index (Phi) is 5.49. The summed E-state index contributed by atoms with van der Waals surface area (Å²) in [5.74, 6) is 0.475. The fourth-order valence-electron chi connectivity index (χ4n) is 4.01. The van der Waals surface area contributed by atoms with Crippen molar-refractivity contribution in [3.63, 3.8) is 0 Å². The van der Waals surface area contributed by atoms with Crippen LogP contribution in [0.25, 0.3) is 0 Å². The first-order valence-electron chi connectivity index (χ1n) is 10.2. The number of alkyl halides is 1. The Bertz CT molecular complexity index is 1290. The van der Waals surface area contributed by atoms with Crippen molar-refractivity contribution in [2.75, 3.05) is 16.8 Å². The standard InChI is InChI=1S/C25H20BrClN4O/c1-29-21-12-11-19(27)13-22(21)31(20-5-3-2-4-6-20)25(32)23-24(29)28-16-30(23)15-18-9-7-17(14-26)8-10-18/h2-13,16H,14-15H2,1H3. The van der Waals surface area contributed by atoms with Crippen LogP contribution in [0.15, 0.2) is 79.1 Å². The van der Waals surface area contributed by atoms with E-state index in [0.29, 0.717) is 23.1 Å². The second kappa shape index (κ2) is 8.45. The lowest BCUT2D eigenvalue weighted by molar-refractivity contribution is 0.0992. The quantitative estimate of drug-likeness (QED) is 0.295. The van der Waals surface area contributed by atoms with Crippen LogP contribution < -0.4 is 9.80 Å². The van der Waals surface area contributed by atoms with Crippen LogP contribution in [0.1, 0.15) is 21.6 Å². The van der Waals surface area contributed by atoms with Crippen molar-refractivity contribution in [1.29, 1.82) is 0 Å². The average Bonchev–Trinajstić information content (AvgIpc) is 3.20. The molecule has 160 valence electrons. The summed E-state index contributed by atoms with van der Waals surface area (Å²) in [6.07, 6.45) is 1.74. The van der Waals surface area contributed by atoms with E-state index in [1.54, 1.807) is 11.2 Å². The fraction of sp³-hybridized carbons (Fsp3) is 0.120. The molecule has 0 saturated heterocycles. The molecule has 5 rings (SSSR count). The van der Waals surface area contributed by atoms with Crippen LogP contribution in [0, 0.1) is 0 Å². The highest BCUT2D eigenvalue weighted by Gasteiger charge is 2.34. The Morgan fingerprint density at radius 2 is 1.66 bits per heavy atom. The van der Waals surface area contributed by atoms with Gasteiger partial charge in [-0.25, -0.2) is 4.98 Å². The molecule has 0 bridgehead atoms. The molecule has 0 aliphatic carbocycles. The summed E-state index contributed by atoms with van der Waals surface area (Å²) in [4.78, 5) is 22.3. The van der Waals surface area contributed by atoms with Gasteiger partial charge in [-0.05, 0) is 41.5 Å². The molecule has 0 spiro atoms. The molecule has 4 aromatic rings. The van der Waals surface area contributed by atoms with Crippen LogP contribution in [0.5, 0.6) is 0 Å². The van der Waals surface area contributed by atoms with E-state index in [0.717, 1.165) is 28.0 Å². The van der Waals surface area contributed by atoms with E-state index in [1.807, 2.05) is 65.0 Å². The van der Waals surface area contributed by atoms with Crippen LogP contribution >= 0.6 is 27.5 Å². The third-order valence-corrected chi connectivity index (χ3v) is 6.51. The molecule has 3 aromatic carbocycles. The van der Waals surface area contributed by atoms with Gasteiger partial charge in [-0.1, -0.05) is 70.0 Å². The summed E-state index contributed by atoms with van der Waals surface area (Å²) in [5, 5.41) is 1.38. The second-order valence-electron chi connectivity index (χ2n) is 7.66. The molecular formula is C25H20BrClN4O. The summed E-state index contributed by atoms with van der Waals surface area (Å²) in [5.41, 5.74) is 5.20. The van der Waals surface area contributed by atoms with Crippen molar-refractivity contribution in [3.8, 4) is 0 Å². The average molecular weight is 508 g/mol. The van der Waals surface area contributed by atoms with E-state index in [4.69, 9.17) is 11.6 Å². The number of aromatic nitrogens is 2. The van der Waals surface area contributed by atoms with Crippen LogP contribution in [-0.2, 0) is 11.9 Å². The number of rotatable bonds is 4. The number of halogens is 2. The SMILES string of the molecule is CN1c2ccc(Cl)cc2N(c2ccccc2)C(=O)c2c1ncn2Cc1ccc(CBr)cc1. The highest BCUT2D eigenvalue weighted by molar-refractivity contribution is 9.08. The van der Waals surface area contributed by atoms with E-state index in [9.17, 15) is 4.79 Å². The van der Waals surface area contributed by atoms with Crippen LogP contribution in [0.2, 0.25) is 5.02 Å². The van der Waals surface area contributed by atoms with Crippen LogP contribution in [0.4, 0.5) is 22.9 Å². The van der Waals surface area contributed by atoms with Crippen molar-refractivity contribution >= 4 is 56.3 Å². The maximum Gasteiger partial charge on any atom is 0.283 e. The third-order valence-electron chi connectivity index (χ3n) is 5.63. The molecule has 1 aromatic heterocycles. The zero-order chi connectivity index (χ0) is 22.2. The number of anilines is 4. The summed E-state index contributed by atoms with van der Waals surface area (Å²) in [7, 11) is 1.93. The predicted molar refractivity (Wildman–Crippen MR) is 133 cm³/mol. The minimum absolute atomic E-state index is 0.145. The third kappa shape index (κ3) is 3.59. The highest BCUT2D eigenvalue weighted by atomic mass is 79.9. The Hall–Kier alpha value is -3.09. The van der Waals surface area contributed by atoms with Gasteiger partial charge in [0.2, 0.25) is 0 Å². The number of carbonyl (C=O) groups is 1. The van der Waals surface area contributed by atoms with Gasteiger partial charge in [-0.2, -0.15) is 0 Å². The summed E-state index contributed by atoms with van der Waals surface area (Å²) in [6.45, 7) is 0.546. The van der Waals surface area contributed by atoms with Crippen molar-refractivity contribution in [1.82, 2.24) is 9.55 Å². The lowest BCUT2D eigenvalue weighted by Crippen LogP contribution is -2.27. The first-order valence-corrected chi connectivity index (χ1v) is 11.7. The summed E-state index contributed by atoms with van der Waals surface area (Å²) < 4.78 is 1.92. The number of para-hydroxylation sites is 1. The summed E-state index contributed by atoms with van der Waals surface area (Å²) in [6, 6.07) is 23.5. The molecule has 32 heavy (non-hydrogen) atoms. The molecular weight excluding hydrogens is 488 g/mol. The van der Waals surface area contributed by atoms with Crippen LogP contribution in [-0.4, -0.2) is 22.5 Å². The lowest BCUT2D eigenvalue weighted by atomic mass is 10.1. The zero-order valence-corrected chi connectivity index (χ0v) is 19.7. The Morgan fingerprint density at radius 3 is 2.38 bits per heavy atom. The Labute approximate surface area is 200 Å². The van der Waals surface area contributed by atoms with Gasteiger partial charge in [-0.15, -0.1) is 0 Å². The number of hydrogen-bond acceptors (Lipinski definition) is 3. The molecule has 1 aliphatic rings. The fourth-order valence-corrected chi connectivity index (χ4v) is 4.55. The predicted octanol–water partition coefficient (Wildman–Crippen LogP) is 6.54. The van der Waals surface area contributed by atoms with Gasteiger partial charge in [-0.3, -0.25) is 9.69 Å². The minimum atomic E-state index is -0.145.